The Kier molecular flexibility index (Phi) is 6.68. The average molecular weight is 526 g/mol. The van der Waals surface area contributed by atoms with E-state index < -0.39 is 18.1 Å². The maximum Gasteiger partial charge on any atom is 0.331 e. The molecule has 3 N–H and O–H groups in total. The lowest BCUT2D eigenvalue weighted by molar-refractivity contribution is -0.140. The van der Waals surface area contributed by atoms with E-state index in [4.69, 9.17) is 26.2 Å². The predicted octanol–water partition coefficient (Wildman–Crippen LogP) is 4.17. The highest BCUT2D eigenvalue weighted by Crippen LogP contribution is 2.40. The van der Waals surface area contributed by atoms with Crippen molar-refractivity contribution < 1.29 is 24.5 Å². The molecular formula is C24H20ClN5O5S. The number of carbonyl (C=O) groups is 1. The van der Waals surface area contributed by atoms with Gasteiger partial charge in [0.2, 0.25) is 0 Å². The predicted molar refractivity (Wildman–Crippen MR) is 137 cm³/mol. The minimum atomic E-state index is -1.29. The van der Waals surface area contributed by atoms with E-state index in [9.17, 15) is 9.90 Å². The first kappa shape index (κ1) is 23.9. The molecule has 0 radical (unpaired) electrons. The number of aliphatic hydroxyl groups excluding tert-OH is 1. The number of nitrogens with zero attached hydrogens (tertiary/aromatic N) is 4. The fraction of sp³-hybridized carbons (Fsp3) is 0.208. The van der Waals surface area contributed by atoms with Crippen LogP contribution < -0.4 is 14.8 Å². The van der Waals surface area contributed by atoms with Crippen molar-refractivity contribution in [3.8, 4) is 22.6 Å². The van der Waals surface area contributed by atoms with Gasteiger partial charge in [-0.05, 0) is 42.2 Å². The van der Waals surface area contributed by atoms with Crippen molar-refractivity contribution in [2.24, 2.45) is 4.99 Å². The van der Waals surface area contributed by atoms with E-state index in [0.717, 1.165) is 22.7 Å². The molecule has 0 bridgehead atoms. The number of anilines is 2. The van der Waals surface area contributed by atoms with E-state index in [-0.39, 0.29) is 0 Å². The standard InChI is InChI=1S/C24H20ClN5O5S/c1-12(31)20(24(32)33)26-10-14-11-27-21-22(30-36-23(21)28-14)29-16-4-2-3-15(19(16)25)13-5-6-17-18(9-13)35-8-7-34-17/h2-6,9-12,20,31H,7-8H2,1H3,(H,29,30)(H,32,33). The van der Waals surface area contributed by atoms with Crippen molar-refractivity contribution in [1.29, 1.82) is 0 Å². The molecule has 1 aliphatic rings. The van der Waals surface area contributed by atoms with Crippen LogP contribution >= 0.6 is 23.1 Å². The summed E-state index contributed by atoms with van der Waals surface area (Å²) in [6, 6.07) is 10.1. The first-order valence-electron chi connectivity index (χ1n) is 10.9. The zero-order valence-electron chi connectivity index (χ0n) is 18.9. The monoisotopic (exact) mass is 525 g/mol. The second kappa shape index (κ2) is 10.1. The van der Waals surface area contributed by atoms with E-state index in [1.54, 1.807) is 0 Å². The number of hydrogen-bond acceptors (Lipinski definition) is 10. The van der Waals surface area contributed by atoms with Crippen LogP contribution in [-0.4, -0.2) is 62.1 Å². The molecule has 36 heavy (non-hydrogen) atoms. The number of ether oxygens (including phenoxy) is 2. The van der Waals surface area contributed by atoms with Gasteiger partial charge in [0.1, 0.15) is 24.4 Å². The molecule has 5 rings (SSSR count). The van der Waals surface area contributed by atoms with Crippen molar-refractivity contribution in [3.05, 3.63) is 53.3 Å². The Morgan fingerprint density at radius 1 is 1.25 bits per heavy atom. The second-order valence-electron chi connectivity index (χ2n) is 7.93. The maximum atomic E-state index is 11.2. The molecule has 0 saturated heterocycles. The number of benzene rings is 2. The highest BCUT2D eigenvalue weighted by Gasteiger charge is 2.21. The van der Waals surface area contributed by atoms with Crippen molar-refractivity contribution >= 4 is 57.2 Å². The third-order valence-electron chi connectivity index (χ3n) is 5.39. The van der Waals surface area contributed by atoms with Gasteiger partial charge < -0.3 is 25.0 Å². The zero-order chi connectivity index (χ0) is 25.2. The van der Waals surface area contributed by atoms with Crippen molar-refractivity contribution in [2.45, 2.75) is 19.1 Å². The van der Waals surface area contributed by atoms with E-state index in [0.29, 0.717) is 57.3 Å². The van der Waals surface area contributed by atoms with Gasteiger partial charge in [0.15, 0.2) is 28.2 Å². The molecule has 0 aliphatic carbocycles. The summed E-state index contributed by atoms with van der Waals surface area (Å²) in [5.41, 5.74) is 3.22. The molecule has 2 aromatic heterocycles. The van der Waals surface area contributed by atoms with Crippen LogP contribution in [0.3, 0.4) is 0 Å². The number of carboxylic acid groups (broad SMARTS) is 1. The Bertz CT molecular complexity index is 1470. The molecule has 0 amide bonds. The number of aliphatic imine (C=N–C) groups is 1. The Balaban J connectivity index is 1.40. The lowest BCUT2D eigenvalue weighted by atomic mass is 10.0. The van der Waals surface area contributed by atoms with Gasteiger partial charge in [-0.25, -0.2) is 14.8 Å². The smallest absolute Gasteiger partial charge is 0.331 e. The lowest BCUT2D eigenvalue weighted by Crippen LogP contribution is -2.30. The SMILES string of the molecule is CC(O)C(N=Cc1cnc2c(Nc3cccc(-c4ccc5c(c4)OCCO5)c3Cl)nsc2n1)C(=O)O. The molecule has 2 aromatic carbocycles. The Labute approximate surface area is 214 Å². The highest BCUT2D eigenvalue weighted by atomic mass is 35.5. The Hall–Kier alpha value is -3.80. The summed E-state index contributed by atoms with van der Waals surface area (Å²) in [5.74, 6) is 0.641. The van der Waals surface area contributed by atoms with Crippen LogP contribution in [0.5, 0.6) is 11.5 Å². The van der Waals surface area contributed by atoms with E-state index in [1.165, 1.54) is 19.3 Å². The summed E-state index contributed by atoms with van der Waals surface area (Å²) < 4.78 is 15.7. The minimum Gasteiger partial charge on any atom is -0.486 e. The van der Waals surface area contributed by atoms with Crippen molar-refractivity contribution in [3.63, 3.8) is 0 Å². The summed E-state index contributed by atoms with van der Waals surface area (Å²) in [6.07, 6.45) is 1.59. The van der Waals surface area contributed by atoms with Crippen molar-refractivity contribution in [2.75, 3.05) is 18.5 Å². The van der Waals surface area contributed by atoms with Gasteiger partial charge in [-0.15, -0.1) is 0 Å². The number of aliphatic carboxylic acids is 1. The van der Waals surface area contributed by atoms with Crippen LogP contribution in [0.15, 0.2) is 47.6 Å². The molecule has 4 aromatic rings. The number of carboxylic acids is 1. The molecule has 2 atom stereocenters. The topological polar surface area (TPSA) is 139 Å². The molecule has 0 spiro atoms. The maximum absolute atomic E-state index is 11.2. The minimum absolute atomic E-state index is 0.350. The number of fused-ring (bicyclic) bond motifs is 2. The molecule has 10 nitrogen and oxygen atoms in total. The zero-order valence-corrected chi connectivity index (χ0v) is 20.5. The number of aromatic nitrogens is 3. The van der Waals surface area contributed by atoms with Gasteiger partial charge in [0.25, 0.3) is 0 Å². The van der Waals surface area contributed by atoms with E-state index >= 15 is 0 Å². The number of nitrogens with one attached hydrogen (secondary N) is 1. The van der Waals surface area contributed by atoms with Crippen LogP contribution in [0.1, 0.15) is 12.6 Å². The number of aliphatic hydroxyl groups is 1. The van der Waals surface area contributed by atoms with Gasteiger partial charge in [-0.3, -0.25) is 4.99 Å². The lowest BCUT2D eigenvalue weighted by Gasteiger charge is -2.19. The first-order valence-corrected chi connectivity index (χ1v) is 12.1. The third-order valence-corrected chi connectivity index (χ3v) is 6.53. The van der Waals surface area contributed by atoms with Gasteiger partial charge in [-0.1, -0.05) is 29.8 Å². The summed E-state index contributed by atoms with van der Waals surface area (Å²) >= 11 is 7.89. The van der Waals surface area contributed by atoms with E-state index in [1.807, 2.05) is 36.4 Å². The van der Waals surface area contributed by atoms with Gasteiger partial charge in [-0.2, -0.15) is 4.37 Å². The van der Waals surface area contributed by atoms with Crippen LogP contribution in [-0.2, 0) is 4.79 Å². The first-order chi connectivity index (χ1) is 17.4. The molecular weight excluding hydrogens is 506 g/mol. The quantitative estimate of drug-likeness (QED) is 0.303. The molecule has 184 valence electrons. The van der Waals surface area contributed by atoms with Gasteiger partial charge in [0.05, 0.1) is 23.0 Å². The Morgan fingerprint density at radius 3 is 2.83 bits per heavy atom. The normalized spacial score (nSPS) is 14.6. The van der Waals surface area contributed by atoms with Gasteiger partial charge >= 0.3 is 5.97 Å². The van der Waals surface area contributed by atoms with Crippen LogP contribution in [0.4, 0.5) is 11.5 Å². The van der Waals surface area contributed by atoms with Crippen LogP contribution in [0.25, 0.3) is 21.5 Å². The third kappa shape index (κ3) is 4.81. The summed E-state index contributed by atoms with van der Waals surface area (Å²) in [4.78, 5) is 24.5. The fourth-order valence-electron chi connectivity index (χ4n) is 3.63. The highest BCUT2D eigenvalue weighted by molar-refractivity contribution is 7.13. The molecule has 12 heteroatoms. The second-order valence-corrected chi connectivity index (χ2v) is 9.06. The fourth-order valence-corrected chi connectivity index (χ4v) is 4.60. The number of rotatable bonds is 7. The summed E-state index contributed by atoms with van der Waals surface area (Å²) in [7, 11) is 0. The van der Waals surface area contributed by atoms with Crippen LogP contribution in [0, 0.1) is 0 Å². The Morgan fingerprint density at radius 2 is 2.06 bits per heavy atom. The largest absolute Gasteiger partial charge is 0.486 e. The molecule has 1 aliphatic heterocycles. The van der Waals surface area contributed by atoms with Crippen molar-refractivity contribution in [1.82, 2.24) is 14.3 Å². The molecule has 3 heterocycles. The molecule has 2 unspecified atom stereocenters. The van der Waals surface area contributed by atoms with Gasteiger partial charge in [0, 0.05) is 11.8 Å². The molecule has 0 fully saturated rings. The van der Waals surface area contributed by atoms with Crippen LogP contribution in [0.2, 0.25) is 5.02 Å². The number of halogens is 1. The number of hydrogen-bond donors (Lipinski definition) is 3. The summed E-state index contributed by atoms with van der Waals surface area (Å²) in [5, 5.41) is 22.5. The average Bonchev–Trinajstić information content (AvgIpc) is 3.26. The summed E-state index contributed by atoms with van der Waals surface area (Å²) in [6.45, 7) is 2.38. The molecule has 0 saturated carbocycles. The van der Waals surface area contributed by atoms with E-state index in [2.05, 4.69) is 24.7 Å².